The number of likely N-dealkylation sites (N-methyl/N-ethyl adjacent to an activating group) is 1. The molecule has 3 aromatic rings. The highest BCUT2D eigenvalue weighted by Crippen LogP contribution is 2.19. The first-order valence-corrected chi connectivity index (χ1v) is 9.33. The minimum absolute atomic E-state index is 0.0311. The molecule has 6 heteroatoms. The molecule has 0 radical (unpaired) electrons. The van der Waals surface area contributed by atoms with E-state index in [1.54, 1.807) is 4.90 Å². The second kappa shape index (κ2) is 8.69. The molecular formula is C22H25N3O3. The summed E-state index contributed by atoms with van der Waals surface area (Å²) in [7, 11) is 0. The van der Waals surface area contributed by atoms with Crippen molar-refractivity contribution in [3.8, 4) is 17.1 Å². The molecule has 1 aromatic heterocycles. The normalized spacial score (nSPS) is 10.7. The van der Waals surface area contributed by atoms with E-state index in [1.807, 2.05) is 70.2 Å². The van der Waals surface area contributed by atoms with Crippen LogP contribution in [0.2, 0.25) is 0 Å². The summed E-state index contributed by atoms with van der Waals surface area (Å²) < 4.78 is 11.0. The van der Waals surface area contributed by atoms with Gasteiger partial charge in [0.25, 0.3) is 5.91 Å². The van der Waals surface area contributed by atoms with Gasteiger partial charge in [-0.15, -0.1) is 0 Å². The minimum Gasteiger partial charge on any atom is -0.484 e. The van der Waals surface area contributed by atoms with Crippen LogP contribution in [0.15, 0.2) is 47.0 Å². The molecule has 0 spiro atoms. The van der Waals surface area contributed by atoms with E-state index >= 15 is 0 Å². The Labute approximate surface area is 165 Å². The minimum atomic E-state index is -0.127. The van der Waals surface area contributed by atoms with Crippen molar-refractivity contribution in [1.82, 2.24) is 15.0 Å². The maximum atomic E-state index is 12.6. The van der Waals surface area contributed by atoms with Gasteiger partial charge in [-0.05, 0) is 39.3 Å². The number of rotatable bonds is 7. The molecule has 0 atom stereocenters. The summed E-state index contributed by atoms with van der Waals surface area (Å²) >= 11 is 0. The van der Waals surface area contributed by atoms with E-state index < -0.39 is 0 Å². The number of hydrogen-bond acceptors (Lipinski definition) is 5. The van der Waals surface area contributed by atoms with Gasteiger partial charge < -0.3 is 14.2 Å². The Balaban J connectivity index is 1.62. The predicted octanol–water partition coefficient (Wildman–Crippen LogP) is 4.09. The highest BCUT2D eigenvalue weighted by atomic mass is 16.5. The van der Waals surface area contributed by atoms with Crippen molar-refractivity contribution >= 4 is 5.91 Å². The number of carbonyl (C=O) groups is 1. The smallest absolute Gasteiger partial charge is 0.260 e. The number of nitrogens with zero attached hydrogens (tertiary/aromatic N) is 3. The van der Waals surface area contributed by atoms with Gasteiger partial charge in [-0.1, -0.05) is 52.7 Å². The van der Waals surface area contributed by atoms with Crippen LogP contribution in [-0.2, 0) is 11.3 Å². The zero-order valence-electron chi connectivity index (χ0n) is 16.7. The summed E-state index contributed by atoms with van der Waals surface area (Å²) in [5.41, 5.74) is 4.22. The summed E-state index contributed by atoms with van der Waals surface area (Å²) in [6.45, 7) is 8.67. The van der Waals surface area contributed by atoms with Crippen molar-refractivity contribution in [1.29, 1.82) is 0 Å². The SMILES string of the molecule is CCN(Cc1nc(-c2ccc(C)cc2)no1)C(=O)COc1ccc(C)cc1C. The van der Waals surface area contributed by atoms with Gasteiger partial charge in [0.1, 0.15) is 12.3 Å². The third-order valence-corrected chi connectivity index (χ3v) is 4.52. The molecule has 0 bridgehead atoms. The summed E-state index contributed by atoms with van der Waals surface area (Å²) in [5, 5.41) is 4.02. The van der Waals surface area contributed by atoms with Crippen LogP contribution in [0.3, 0.4) is 0 Å². The molecule has 1 amide bonds. The van der Waals surface area contributed by atoms with Gasteiger partial charge in [0.15, 0.2) is 6.61 Å². The molecule has 0 N–H and O–H groups in total. The first-order valence-electron chi connectivity index (χ1n) is 9.33. The van der Waals surface area contributed by atoms with Gasteiger partial charge in [0, 0.05) is 12.1 Å². The summed E-state index contributed by atoms with van der Waals surface area (Å²) in [5.74, 6) is 1.51. The lowest BCUT2D eigenvalue weighted by Crippen LogP contribution is -2.34. The van der Waals surface area contributed by atoms with Crippen molar-refractivity contribution < 1.29 is 14.1 Å². The fourth-order valence-electron chi connectivity index (χ4n) is 2.87. The van der Waals surface area contributed by atoms with Crippen molar-refractivity contribution in [2.75, 3.05) is 13.2 Å². The van der Waals surface area contributed by atoms with Crippen LogP contribution >= 0.6 is 0 Å². The molecule has 1 heterocycles. The van der Waals surface area contributed by atoms with Crippen LogP contribution in [0.1, 0.15) is 29.5 Å². The molecule has 0 saturated heterocycles. The lowest BCUT2D eigenvalue weighted by molar-refractivity contribution is -0.134. The van der Waals surface area contributed by atoms with Crippen LogP contribution < -0.4 is 4.74 Å². The zero-order valence-corrected chi connectivity index (χ0v) is 16.7. The monoisotopic (exact) mass is 379 g/mol. The number of amides is 1. The molecule has 0 aliphatic heterocycles. The number of hydrogen-bond donors (Lipinski definition) is 0. The molecule has 28 heavy (non-hydrogen) atoms. The first-order chi connectivity index (χ1) is 13.5. The predicted molar refractivity (Wildman–Crippen MR) is 107 cm³/mol. The number of carbonyl (C=O) groups excluding carboxylic acids is 1. The third-order valence-electron chi connectivity index (χ3n) is 4.52. The second-order valence-corrected chi connectivity index (χ2v) is 6.84. The Kier molecular flexibility index (Phi) is 6.09. The van der Waals surface area contributed by atoms with Gasteiger partial charge in [-0.2, -0.15) is 4.98 Å². The fraction of sp³-hybridized carbons (Fsp3) is 0.318. The summed E-state index contributed by atoms with van der Waals surface area (Å²) in [6, 6.07) is 13.8. The fourth-order valence-corrected chi connectivity index (χ4v) is 2.87. The average Bonchev–Trinajstić information content (AvgIpc) is 3.14. The van der Waals surface area contributed by atoms with E-state index in [-0.39, 0.29) is 19.1 Å². The molecule has 0 saturated carbocycles. The number of aryl methyl sites for hydroxylation is 3. The van der Waals surface area contributed by atoms with Crippen LogP contribution in [0.25, 0.3) is 11.4 Å². The Morgan fingerprint density at radius 1 is 1.07 bits per heavy atom. The molecule has 0 aliphatic carbocycles. The van der Waals surface area contributed by atoms with Crippen molar-refractivity contribution in [2.24, 2.45) is 0 Å². The number of benzene rings is 2. The van der Waals surface area contributed by atoms with Gasteiger partial charge in [0.05, 0.1) is 0 Å². The lowest BCUT2D eigenvalue weighted by atomic mass is 10.1. The molecular weight excluding hydrogens is 354 g/mol. The number of aromatic nitrogens is 2. The highest BCUT2D eigenvalue weighted by Gasteiger charge is 2.17. The Hall–Kier alpha value is -3.15. The molecule has 146 valence electrons. The van der Waals surface area contributed by atoms with Crippen LogP contribution in [0.5, 0.6) is 5.75 Å². The van der Waals surface area contributed by atoms with E-state index in [4.69, 9.17) is 9.26 Å². The molecule has 0 unspecified atom stereocenters. The average molecular weight is 379 g/mol. The Bertz CT molecular complexity index is 948. The van der Waals surface area contributed by atoms with Gasteiger partial charge in [-0.25, -0.2) is 0 Å². The van der Waals surface area contributed by atoms with Gasteiger partial charge in [0.2, 0.25) is 11.7 Å². The van der Waals surface area contributed by atoms with E-state index in [0.29, 0.717) is 18.3 Å². The summed E-state index contributed by atoms with van der Waals surface area (Å²) in [4.78, 5) is 18.6. The second-order valence-electron chi connectivity index (χ2n) is 6.84. The van der Waals surface area contributed by atoms with Crippen LogP contribution in [-0.4, -0.2) is 34.1 Å². The molecule has 2 aromatic carbocycles. The highest BCUT2D eigenvalue weighted by molar-refractivity contribution is 5.77. The molecule has 3 rings (SSSR count). The molecule has 0 aliphatic rings. The lowest BCUT2D eigenvalue weighted by Gasteiger charge is -2.19. The largest absolute Gasteiger partial charge is 0.484 e. The van der Waals surface area contributed by atoms with Crippen LogP contribution in [0.4, 0.5) is 0 Å². The van der Waals surface area contributed by atoms with Gasteiger partial charge >= 0.3 is 0 Å². The van der Waals surface area contributed by atoms with Crippen molar-refractivity contribution in [2.45, 2.75) is 34.2 Å². The molecule has 6 nitrogen and oxygen atoms in total. The Morgan fingerprint density at radius 3 is 2.46 bits per heavy atom. The van der Waals surface area contributed by atoms with E-state index in [0.717, 1.165) is 22.4 Å². The van der Waals surface area contributed by atoms with Crippen LogP contribution in [0, 0.1) is 20.8 Å². The molecule has 0 fully saturated rings. The van der Waals surface area contributed by atoms with Gasteiger partial charge in [-0.3, -0.25) is 4.79 Å². The van der Waals surface area contributed by atoms with E-state index in [1.165, 1.54) is 5.56 Å². The van der Waals surface area contributed by atoms with E-state index in [9.17, 15) is 4.79 Å². The van der Waals surface area contributed by atoms with Crippen molar-refractivity contribution in [3.05, 3.63) is 65.0 Å². The topological polar surface area (TPSA) is 68.5 Å². The Morgan fingerprint density at radius 2 is 1.79 bits per heavy atom. The quantitative estimate of drug-likeness (QED) is 0.618. The third kappa shape index (κ3) is 4.76. The maximum Gasteiger partial charge on any atom is 0.260 e. The maximum absolute atomic E-state index is 12.6. The van der Waals surface area contributed by atoms with E-state index in [2.05, 4.69) is 10.1 Å². The van der Waals surface area contributed by atoms with Crippen molar-refractivity contribution in [3.63, 3.8) is 0 Å². The zero-order chi connectivity index (χ0) is 20.1. The number of ether oxygens (including phenoxy) is 1. The summed E-state index contributed by atoms with van der Waals surface area (Å²) in [6.07, 6.45) is 0. The first kappa shape index (κ1) is 19.6. The standard InChI is InChI=1S/C22H25N3O3/c1-5-25(21(26)14-27-19-11-8-16(3)12-17(19)4)13-20-23-22(24-28-20)18-9-6-15(2)7-10-18/h6-12H,5,13-14H2,1-4H3.